The number of benzene rings is 2. The summed E-state index contributed by atoms with van der Waals surface area (Å²) in [5, 5.41) is 3.30. The maximum Gasteiger partial charge on any atom is 0.243 e. The molecule has 1 saturated heterocycles. The number of aromatic nitrogens is 2. The molecule has 3 heterocycles. The Morgan fingerprint density at radius 2 is 1.64 bits per heavy atom. The Balaban J connectivity index is 1.27. The van der Waals surface area contributed by atoms with Gasteiger partial charge >= 0.3 is 0 Å². The minimum Gasteiger partial charge on any atom is -0.497 e. The highest BCUT2D eigenvalue weighted by Gasteiger charge is 2.30. The standard InChI is InChI=1S/C25H29N5O5S/c1-18-16-24(27-19-4-6-20(33-2)7-5-19)28-25(26-18)29-10-12-30(13-11-29)36(31,32)21-8-9-22-23(17-21)35-15-3-14-34-22/h4-9,16-17H,3,10-15H2,1-2H3,(H,26,27,28). The molecular formula is C25H29N5O5S. The molecule has 10 nitrogen and oxygen atoms in total. The van der Waals surface area contributed by atoms with Gasteiger partial charge in [0.05, 0.1) is 25.2 Å². The van der Waals surface area contributed by atoms with Gasteiger partial charge in [-0.1, -0.05) is 0 Å². The topological polar surface area (TPSA) is 106 Å². The van der Waals surface area contributed by atoms with Gasteiger partial charge in [0.2, 0.25) is 16.0 Å². The van der Waals surface area contributed by atoms with Crippen molar-refractivity contribution in [2.24, 2.45) is 0 Å². The third-order valence-electron chi connectivity index (χ3n) is 6.08. The number of nitrogens with one attached hydrogen (secondary N) is 1. The second kappa shape index (κ2) is 10.2. The molecule has 11 heteroatoms. The van der Waals surface area contributed by atoms with Gasteiger partial charge in [0.25, 0.3) is 0 Å². The minimum absolute atomic E-state index is 0.206. The lowest BCUT2D eigenvalue weighted by Crippen LogP contribution is -2.49. The van der Waals surface area contributed by atoms with Gasteiger partial charge in [-0.05, 0) is 43.3 Å². The molecule has 2 aliphatic heterocycles. The lowest BCUT2D eigenvalue weighted by molar-refractivity contribution is 0.296. The van der Waals surface area contributed by atoms with Crippen molar-refractivity contribution in [1.29, 1.82) is 0 Å². The van der Waals surface area contributed by atoms with Crippen molar-refractivity contribution in [3.63, 3.8) is 0 Å². The van der Waals surface area contributed by atoms with Crippen LogP contribution < -0.4 is 24.4 Å². The van der Waals surface area contributed by atoms with Crippen LogP contribution in [-0.4, -0.2) is 69.2 Å². The van der Waals surface area contributed by atoms with Gasteiger partial charge in [-0.15, -0.1) is 0 Å². The van der Waals surface area contributed by atoms with Crippen LogP contribution in [0.5, 0.6) is 17.2 Å². The number of nitrogens with zero attached hydrogens (tertiary/aromatic N) is 4. The number of hydrogen-bond donors (Lipinski definition) is 1. The van der Waals surface area contributed by atoms with Crippen LogP contribution in [-0.2, 0) is 10.0 Å². The van der Waals surface area contributed by atoms with Gasteiger partial charge in [-0.25, -0.2) is 13.4 Å². The van der Waals surface area contributed by atoms with E-state index < -0.39 is 10.0 Å². The van der Waals surface area contributed by atoms with E-state index in [-0.39, 0.29) is 4.90 Å². The summed E-state index contributed by atoms with van der Waals surface area (Å²) in [4.78, 5) is 11.5. The summed E-state index contributed by atoms with van der Waals surface area (Å²) < 4.78 is 44.6. The number of rotatable bonds is 6. The van der Waals surface area contributed by atoms with Crippen LogP contribution in [0.25, 0.3) is 0 Å². The van der Waals surface area contributed by atoms with Crippen LogP contribution >= 0.6 is 0 Å². The summed E-state index contributed by atoms with van der Waals surface area (Å²) in [7, 11) is -2.04. The molecule has 190 valence electrons. The fraction of sp³-hybridized carbons (Fsp3) is 0.360. The number of aryl methyl sites for hydroxylation is 1. The van der Waals surface area contributed by atoms with Gasteiger partial charge in [0, 0.05) is 56.1 Å². The average molecular weight is 512 g/mol. The van der Waals surface area contributed by atoms with Crippen LogP contribution in [0.4, 0.5) is 17.5 Å². The number of ether oxygens (including phenoxy) is 3. The summed E-state index contributed by atoms with van der Waals surface area (Å²) in [6, 6.07) is 14.3. The lowest BCUT2D eigenvalue weighted by atomic mass is 10.3. The van der Waals surface area contributed by atoms with Gasteiger partial charge in [0.15, 0.2) is 11.5 Å². The molecule has 2 aromatic carbocycles. The zero-order chi connectivity index (χ0) is 25.1. The molecule has 0 spiro atoms. The lowest BCUT2D eigenvalue weighted by Gasteiger charge is -2.34. The Hall–Kier alpha value is -3.57. The first kappa shape index (κ1) is 24.1. The quantitative estimate of drug-likeness (QED) is 0.534. The van der Waals surface area contributed by atoms with Crippen LogP contribution in [0, 0.1) is 6.92 Å². The maximum atomic E-state index is 13.3. The first-order valence-corrected chi connectivity index (χ1v) is 13.3. The highest BCUT2D eigenvalue weighted by Crippen LogP contribution is 2.33. The first-order chi connectivity index (χ1) is 17.4. The summed E-state index contributed by atoms with van der Waals surface area (Å²) in [5.41, 5.74) is 1.70. The maximum absolute atomic E-state index is 13.3. The smallest absolute Gasteiger partial charge is 0.243 e. The molecule has 0 radical (unpaired) electrons. The predicted molar refractivity (Wildman–Crippen MR) is 136 cm³/mol. The Kier molecular flexibility index (Phi) is 6.84. The van der Waals surface area contributed by atoms with Crippen molar-refractivity contribution in [2.45, 2.75) is 18.2 Å². The number of hydrogen-bond acceptors (Lipinski definition) is 9. The zero-order valence-electron chi connectivity index (χ0n) is 20.3. The van der Waals surface area contributed by atoms with E-state index in [0.717, 1.165) is 23.6 Å². The van der Waals surface area contributed by atoms with E-state index in [4.69, 9.17) is 14.2 Å². The Morgan fingerprint density at radius 3 is 2.36 bits per heavy atom. The summed E-state index contributed by atoms with van der Waals surface area (Å²) >= 11 is 0. The third kappa shape index (κ3) is 5.17. The Labute approximate surface area is 210 Å². The van der Waals surface area contributed by atoms with Crippen molar-refractivity contribution in [2.75, 3.05) is 56.7 Å². The van der Waals surface area contributed by atoms with Crippen molar-refractivity contribution >= 4 is 27.5 Å². The van der Waals surface area contributed by atoms with Gasteiger partial charge in [0.1, 0.15) is 11.6 Å². The van der Waals surface area contributed by atoms with Gasteiger partial charge in [-0.2, -0.15) is 9.29 Å². The van der Waals surface area contributed by atoms with Crippen molar-refractivity contribution < 1.29 is 22.6 Å². The first-order valence-electron chi connectivity index (χ1n) is 11.8. The highest BCUT2D eigenvalue weighted by atomic mass is 32.2. The van der Waals surface area contributed by atoms with Crippen LogP contribution in [0.3, 0.4) is 0 Å². The summed E-state index contributed by atoms with van der Waals surface area (Å²) in [6.45, 7) is 4.59. The summed E-state index contributed by atoms with van der Waals surface area (Å²) in [6.07, 6.45) is 0.761. The van der Waals surface area contributed by atoms with Crippen LogP contribution in [0.15, 0.2) is 53.4 Å². The fourth-order valence-corrected chi connectivity index (χ4v) is 5.60. The SMILES string of the molecule is COc1ccc(Nc2cc(C)nc(N3CCN(S(=O)(=O)c4ccc5c(c4)OCCCO5)CC3)n2)cc1. The number of sulfonamides is 1. The number of fused-ring (bicyclic) bond motifs is 1. The van der Waals surface area contributed by atoms with Gasteiger partial charge in [-0.3, -0.25) is 0 Å². The molecule has 1 N–H and O–H groups in total. The average Bonchev–Trinajstić information content (AvgIpc) is 3.14. The van der Waals surface area contributed by atoms with E-state index in [1.807, 2.05) is 42.2 Å². The molecule has 0 unspecified atom stereocenters. The van der Waals surface area contributed by atoms with Crippen molar-refractivity contribution in [3.8, 4) is 17.2 Å². The van der Waals surface area contributed by atoms with E-state index in [2.05, 4.69) is 15.3 Å². The molecule has 2 aliphatic rings. The molecule has 1 fully saturated rings. The summed E-state index contributed by atoms with van der Waals surface area (Å²) in [5.74, 6) is 3.06. The minimum atomic E-state index is -3.67. The normalized spacial score (nSPS) is 16.3. The van der Waals surface area contributed by atoms with E-state index in [9.17, 15) is 8.42 Å². The van der Waals surface area contributed by atoms with Crippen molar-refractivity contribution in [3.05, 3.63) is 54.2 Å². The number of anilines is 3. The number of methoxy groups -OCH3 is 1. The molecule has 5 rings (SSSR count). The number of piperazine rings is 1. The molecular weight excluding hydrogens is 482 g/mol. The zero-order valence-corrected chi connectivity index (χ0v) is 21.1. The van der Waals surface area contributed by atoms with Crippen LogP contribution in [0.2, 0.25) is 0 Å². The molecule has 0 atom stereocenters. The molecule has 3 aromatic rings. The largest absolute Gasteiger partial charge is 0.497 e. The Bertz CT molecular complexity index is 1330. The second-order valence-corrected chi connectivity index (χ2v) is 10.5. The van der Waals surface area contributed by atoms with E-state index in [0.29, 0.717) is 62.7 Å². The fourth-order valence-electron chi connectivity index (χ4n) is 4.16. The highest BCUT2D eigenvalue weighted by molar-refractivity contribution is 7.89. The molecule has 0 bridgehead atoms. The monoisotopic (exact) mass is 511 g/mol. The molecule has 1 aromatic heterocycles. The molecule has 36 heavy (non-hydrogen) atoms. The van der Waals surface area contributed by atoms with Crippen LogP contribution in [0.1, 0.15) is 12.1 Å². The van der Waals surface area contributed by atoms with E-state index >= 15 is 0 Å². The van der Waals surface area contributed by atoms with E-state index in [1.165, 1.54) is 4.31 Å². The molecule has 0 amide bonds. The molecule has 0 aliphatic carbocycles. The van der Waals surface area contributed by atoms with E-state index in [1.54, 1.807) is 25.3 Å². The second-order valence-electron chi connectivity index (χ2n) is 8.60. The predicted octanol–water partition coefficient (Wildman–Crippen LogP) is 3.21. The molecule has 0 saturated carbocycles. The Morgan fingerprint density at radius 1 is 0.917 bits per heavy atom. The third-order valence-corrected chi connectivity index (χ3v) is 7.98. The van der Waals surface area contributed by atoms with Gasteiger partial charge < -0.3 is 24.4 Å². The van der Waals surface area contributed by atoms with Crippen molar-refractivity contribution in [1.82, 2.24) is 14.3 Å².